The van der Waals surface area contributed by atoms with E-state index in [9.17, 15) is 14.4 Å². The molecule has 1 aromatic rings. The Morgan fingerprint density at radius 1 is 1.22 bits per heavy atom. The Hall–Kier alpha value is -2.37. The predicted molar refractivity (Wildman–Crippen MR) is 103 cm³/mol. The first-order valence-corrected chi connectivity index (χ1v) is 9.97. The molecule has 0 spiro atoms. The van der Waals surface area contributed by atoms with Gasteiger partial charge in [0, 0.05) is 6.04 Å². The van der Waals surface area contributed by atoms with Crippen molar-refractivity contribution in [3.63, 3.8) is 0 Å². The number of hydrogen-bond acceptors (Lipinski definition) is 3. The van der Waals surface area contributed by atoms with Crippen molar-refractivity contribution in [2.75, 3.05) is 6.54 Å². The maximum Gasteiger partial charge on any atom is 0.325 e. The molecule has 3 atom stereocenters. The summed E-state index contributed by atoms with van der Waals surface area (Å²) in [6.07, 6.45) is 5.58. The Bertz CT molecular complexity index is 706. The van der Waals surface area contributed by atoms with Gasteiger partial charge in [-0.05, 0) is 30.7 Å². The van der Waals surface area contributed by atoms with E-state index in [2.05, 4.69) is 17.6 Å². The van der Waals surface area contributed by atoms with Crippen molar-refractivity contribution in [1.82, 2.24) is 15.5 Å². The van der Waals surface area contributed by atoms with Gasteiger partial charge >= 0.3 is 6.03 Å². The molecule has 0 aromatic heterocycles. The van der Waals surface area contributed by atoms with Crippen LogP contribution in [0.15, 0.2) is 30.3 Å². The summed E-state index contributed by atoms with van der Waals surface area (Å²) < 4.78 is 0. The van der Waals surface area contributed by atoms with Gasteiger partial charge in [0.25, 0.3) is 5.91 Å². The standard InChI is InChI=1S/C21H29N3O3/c1-3-13-21(16-10-5-4-6-11-16)19(26)24(20(27)23-21)14-18(25)22-17-12-8-7-9-15(17)2/h4-6,10-11,15,17H,3,7-9,12-14H2,1-2H3,(H,22,25)(H,23,27)/t15-,17-,21+/m0/s1. The van der Waals surface area contributed by atoms with E-state index in [-0.39, 0.29) is 24.4 Å². The molecule has 2 fully saturated rings. The lowest BCUT2D eigenvalue weighted by Gasteiger charge is -2.30. The fourth-order valence-corrected chi connectivity index (χ4v) is 4.30. The summed E-state index contributed by atoms with van der Waals surface area (Å²) in [6.45, 7) is 3.88. The lowest BCUT2D eigenvalue weighted by Crippen LogP contribution is -2.48. The summed E-state index contributed by atoms with van der Waals surface area (Å²) in [5.41, 5.74) is -0.320. The quantitative estimate of drug-likeness (QED) is 0.755. The van der Waals surface area contributed by atoms with E-state index in [0.29, 0.717) is 12.3 Å². The van der Waals surface area contributed by atoms with Crippen LogP contribution in [0.2, 0.25) is 0 Å². The van der Waals surface area contributed by atoms with Gasteiger partial charge in [-0.2, -0.15) is 0 Å². The zero-order valence-corrected chi connectivity index (χ0v) is 16.2. The number of hydrogen-bond donors (Lipinski definition) is 2. The van der Waals surface area contributed by atoms with Gasteiger partial charge in [0.05, 0.1) is 0 Å². The minimum absolute atomic E-state index is 0.126. The molecule has 1 aliphatic heterocycles. The third-order valence-corrected chi connectivity index (χ3v) is 5.83. The summed E-state index contributed by atoms with van der Waals surface area (Å²) in [5.74, 6) is -0.181. The Kier molecular flexibility index (Phi) is 5.82. The molecule has 1 heterocycles. The maximum atomic E-state index is 13.2. The van der Waals surface area contributed by atoms with Gasteiger partial charge in [-0.25, -0.2) is 4.79 Å². The molecule has 0 bridgehead atoms. The van der Waals surface area contributed by atoms with Crippen molar-refractivity contribution in [2.24, 2.45) is 5.92 Å². The molecule has 1 aromatic carbocycles. The first kappa shape index (κ1) is 19.4. The third-order valence-electron chi connectivity index (χ3n) is 5.83. The Labute approximate surface area is 160 Å². The van der Waals surface area contributed by atoms with Crippen molar-refractivity contribution in [3.8, 4) is 0 Å². The van der Waals surface area contributed by atoms with Crippen molar-refractivity contribution in [1.29, 1.82) is 0 Å². The summed E-state index contributed by atoms with van der Waals surface area (Å²) in [6, 6.07) is 8.91. The van der Waals surface area contributed by atoms with Crippen LogP contribution in [0.5, 0.6) is 0 Å². The molecule has 1 aliphatic carbocycles. The Morgan fingerprint density at radius 3 is 2.59 bits per heavy atom. The first-order valence-electron chi connectivity index (χ1n) is 9.97. The molecule has 0 unspecified atom stereocenters. The lowest BCUT2D eigenvalue weighted by molar-refractivity contribution is -0.135. The topological polar surface area (TPSA) is 78.5 Å². The van der Waals surface area contributed by atoms with Crippen LogP contribution in [0.25, 0.3) is 0 Å². The fraction of sp³-hybridized carbons (Fsp3) is 0.571. The number of imide groups is 1. The smallest absolute Gasteiger partial charge is 0.325 e. The van der Waals surface area contributed by atoms with Crippen molar-refractivity contribution in [2.45, 2.75) is 64.0 Å². The van der Waals surface area contributed by atoms with Crippen LogP contribution in [-0.4, -0.2) is 35.3 Å². The number of carbonyl (C=O) groups is 3. The molecular formula is C21H29N3O3. The fourth-order valence-electron chi connectivity index (χ4n) is 4.30. The molecular weight excluding hydrogens is 342 g/mol. The average Bonchev–Trinajstić information content (AvgIpc) is 2.90. The molecule has 6 nitrogen and oxygen atoms in total. The van der Waals surface area contributed by atoms with Crippen LogP contribution in [0.1, 0.15) is 57.9 Å². The Balaban J connectivity index is 1.74. The second-order valence-electron chi connectivity index (χ2n) is 7.78. The molecule has 3 rings (SSSR count). The van der Waals surface area contributed by atoms with Crippen LogP contribution >= 0.6 is 0 Å². The average molecular weight is 371 g/mol. The van der Waals surface area contributed by atoms with E-state index >= 15 is 0 Å². The second-order valence-corrected chi connectivity index (χ2v) is 7.78. The Morgan fingerprint density at radius 2 is 1.93 bits per heavy atom. The molecule has 1 saturated carbocycles. The first-order chi connectivity index (χ1) is 13.0. The maximum absolute atomic E-state index is 13.2. The van der Waals surface area contributed by atoms with Crippen LogP contribution in [0.4, 0.5) is 4.79 Å². The van der Waals surface area contributed by atoms with Crippen molar-refractivity contribution >= 4 is 17.8 Å². The van der Waals surface area contributed by atoms with E-state index in [4.69, 9.17) is 0 Å². The number of nitrogens with one attached hydrogen (secondary N) is 2. The van der Waals surface area contributed by atoms with E-state index in [0.717, 1.165) is 36.1 Å². The second kappa shape index (κ2) is 8.11. The third kappa shape index (κ3) is 3.84. The summed E-state index contributed by atoms with van der Waals surface area (Å²) in [5, 5.41) is 5.88. The normalized spacial score (nSPS) is 28.1. The van der Waals surface area contributed by atoms with Crippen LogP contribution in [-0.2, 0) is 15.1 Å². The monoisotopic (exact) mass is 371 g/mol. The molecule has 6 heteroatoms. The summed E-state index contributed by atoms with van der Waals surface area (Å²) in [4.78, 5) is 39.3. The van der Waals surface area contributed by atoms with E-state index in [1.165, 1.54) is 6.42 Å². The highest BCUT2D eigenvalue weighted by Gasteiger charge is 2.52. The van der Waals surface area contributed by atoms with Gasteiger partial charge < -0.3 is 10.6 Å². The zero-order chi connectivity index (χ0) is 19.4. The molecule has 27 heavy (non-hydrogen) atoms. The van der Waals surface area contributed by atoms with E-state index in [1.807, 2.05) is 37.3 Å². The van der Waals surface area contributed by atoms with Crippen molar-refractivity contribution < 1.29 is 14.4 Å². The van der Waals surface area contributed by atoms with Gasteiger partial charge in [0.1, 0.15) is 12.1 Å². The molecule has 2 N–H and O–H groups in total. The van der Waals surface area contributed by atoms with E-state index in [1.54, 1.807) is 0 Å². The minimum atomic E-state index is -1.08. The summed E-state index contributed by atoms with van der Waals surface area (Å²) in [7, 11) is 0. The number of carbonyl (C=O) groups excluding carboxylic acids is 3. The molecule has 146 valence electrons. The van der Waals surface area contributed by atoms with Gasteiger partial charge in [-0.15, -0.1) is 0 Å². The highest BCUT2D eigenvalue weighted by atomic mass is 16.2. The lowest BCUT2D eigenvalue weighted by atomic mass is 9.85. The number of amides is 4. The molecule has 1 saturated heterocycles. The summed E-state index contributed by atoms with van der Waals surface area (Å²) >= 11 is 0. The number of benzene rings is 1. The van der Waals surface area contributed by atoms with Gasteiger partial charge in [-0.1, -0.05) is 63.4 Å². The van der Waals surface area contributed by atoms with E-state index < -0.39 is 11.6 Å². The van der Waals surface area contributed by atoms with Gasteiger partial charge in [0.2, 0.25) is 5.91 Å². The van der Waals surface area contributed by atoms with Crippen molar-refractivity contribution in [3.05, 3.63) is 35.9 Å². The highest BCUT2D eigenvalue weighted by Crippen LogP contribution is 2.33. The number of nitrogens with zero attached hydrogens (tertiary/aromatic N) is 1. The molecule has 0 radical (unpaired) electrons. The predicted octanol–water partition coefficient (Wildman–Crippen LogP) is 2.93. The minimum Gasteiger partial charge on any atom is -0.352 e. The van der Waals surface area contributed by atoms with Crippen LogP contribution < -0.4 is 10.6 Å². The number of rotatable bonds is 6. The zero-order valence-electron chi connectivity index (χ0n) is 16.2. The van der Waals surface area contributed by atoms with Crippen LogP contribution in [0.3, 0.4) is 0 Å². The largest absolute Gasteiger partial charge is 0.352 e. The molecule has 4 amide bonds. The molecule has 2 aliphatic rings. The van der Waals surface area contributed by atoms with Gasteiger partial charge in [0.15, 0.2) is 0 Å². The van der Waals surface area contributed by atoms with Crippen LogP contribution in [0, 0.1) is 5.92 Å². The highest BCUT2D eigenvalue weighted by molar-refractivity contribution is 6.09. The SMILES string of the molecule is CCC[C@]1(c2ccccc2)NC(=O)N(CC(=O)N[C@H]2CCCC[C@@H]2C)C1=O. The van der Waals surface area contributed by atoms with Gasteiger partial charge in [-0.3, -0.25) is 14.5 Å². The number of urea groups is 1.